The van der Waals surface area contributed by atoms with Crippen LogP contribution >= 0.6 is 0 Å². The van der Waals surface area contributed by atoms with Crippen LogP contribution in [-0.4, -0.2) is 21.9 Å². The fraction of sp³-hybridized carbons (Fsp3) is 0.733. The van der Waals surface area contributed by atoms with Crippen molar-refractivity contribution >= 4 is 5.78 Å². The number of Topliss-reactive ketones (excluding diaryl/α,β-unsaturated/α-hetero) is 1. The van der Waals surface area contributed by atoms with Crippen molar-refractivity contribution in [2.75, 3.05) is 6.54 Å². The lowest BCUT2D eigenvalue weighted by atomic mass is 9.71. The summed E-state index contributed by atoms with van der Waals surface area (Å²) >= 11 is 0. The van der Waals surface area contributed by atoms with E-state index in [1.54, 1.807) is 6.20 Å². The van der Waals surface area contributed by atoms with E-state index in [9.17, 15) is 4.79 Å². The summed E-state index contributed by atoms with van der Waals surface area (Å²) in [5.41, 5.74) is 5.98. The lowest BCUT2D eigenvalue weighted by molar-refractivity contribution is 0.0853. The molecule has 1 heterocycles. The van der Waals surface area contributed by atoms with Crippen molar-refractivity contribution in [1.82, 2.24) is 9.55 Å². The summed E-state index contributed by atoms with van der Waals surface area (Å²) in [6.07, 6.45) is 11.0. The van der Waals surface area contributed by atoms with Crippen LogP contribution in [0.25, 0.3) is 0 Å². The van der Waals surface area contributed by atoms with Gasteiger partial charge in [-0.3, -0.25) is 4.79 Å². The van der Waals surface area contributed by atoms with E-state index >= 15 is 0 Å². The Hall–Kier alpha value is -1.16. The van der Waals surface area contributed by atoms with Gasteiger partial charge in [0, 0.05) is 25.4 Å². The molecule has 0 saturated heterocycles. The van der Waals surface area contributed by atoms with Gasteiger partial charge in [-0.2, -0.15) is 0 Å². The van der Waals surface area contributed by atoms with Crippen molar-refractivity contribution < 1.29 is 4.79 Å². The Kier molecular flexibility index (Phi) is 4.75. The zero-order valence-corrected chi connectivity index (χ0v) is 11.9. The van der Waals surface area contributed by atoms with E-state index in [4.69, 9.17) is 5.73 Å². The van der Waals surface area contributed by atoms with Gasteiger partial charge in [0.25, 0.3) is 0 Å². The number of nitrogens with zero attached hydrogens (tertiary/aromatic N) is 2. The topological polar surface area (TPSA) is 60.9 Å². The Morgan fingerprint density at radius 2 is 2.16 bits per heavy atom. The molecular weight excluding hydrogens is 238 g/mol. The summed E-state index contributed by atoms with van der Waals surface area (Å²) in [5.74, 6) is 0.769. The number of rotatable bonds is 6. The predicted molar refractivity (Wildman–Crippen MR) is 76.0 cm³/mol. The Labute approximate surface area is 115 Å². The molecule has 2 N–H and O–H groups in total. The molecule has 1 aliphatic carbocycles. The number of aromatic nitrogens is 2. The summed E-state index contributed by atoms with van der Waals surface area (Å²) in [5, 5.41) is 0. The van der Waals surface area contributed by atoms with Crippen LogP contribution in [0.1, 0.15) is 62.5 Å². The van der Waals surface area contributed by atoms with Crippen LogP contribution in [0.15, 0.2) is 12.4 Å². The highest BCUT2D eigenvalue weighted by atomic mass is 16.1. The molecule has 0 atom stereocenters. The first-order valence-corrected chi connectivity index (χ1v) is 7.45. The minimum absolute atomic E-state index is 0.0261. The molecule has 106 valence electrons. The molecule has 4 heteroatoms. The van der Waals surface area contributed by atoms with Gasteiger partial charge in [-0.1, -0.05) is 26.2 Å². The van der Waals surface area contributed by atoms with Crippen LogP contribution < -0.4 is 5.73 Å². The lowest BCUT2D eigenvalue weighted by Gasteiger charge is -2.35. The van der Waals surface area contributed by atoms with Crippen LogP contribution in [0.3, 0.4) is 0 Å². The van der Waals surface area contributed by atoms with E-state index in [1.807, 2.05) is 10.8 Å². The van der Waals surface area contributed by atoms with Gasteiger partial charge in [0.2, 0.25) is 0 Å². The van der Waals surface area contributed by atoms with Crippen LogP contribution in [0, 0.1) is 5.41 Å². The maximum atomic E-state index is 12.5. The highest BCUT2D eigenvalue weighted by molar-refractivity contribution is 5.93. The molecule has 0 aromatic carbocycles. The lowest BCUT2D eigenvalue weighted by Crippen LogP contribution is -2.35. The number of imidazole rings is 1. The fourth-order valence-electron chi connectivity index (χ4n) is 3.16. The molecule has 1 aromatic rings. The van der Waals surface area contributed by atoms with E-state index in [0.717, 1.165) is 25.8 Å². The first kappa shape index (κ1) is 14.3. The van der Waals surface area contributed by atoms with E-state index in [2.05, 4.69) is 11.9 Å². The van der Waals surface area contributed by atoms with Crippen molar-refractivity contribution in [1.29, 1.82) is 0 Å². The number of hydrogen-bond donors (Lipinski definition) is 1. The molecule has 2 rings (SSSR count). The zero-order chi connectivity index (χ0) is 13.7. The summed E-state index contributed by atoms with van der Waals surface area (Å²) in [6, 6.07) is 0. The van der Waals surface area contributed by atoms with E-state index in [1.165, 1.54) is 19.3 Å². The van der Waals surface area contributed by atoms with Crippen molar-refractivity contribution in [3.63, 3.8) is 0 Å². The molecule has 0 radical (unpaired) electrons. The third kappa shape index (κ3) is 3.24. The second-order valence-corrected chi connectivity index (χ2v) is 5.81. The number of carbonyl (C=O) groups excluding carboxylic acids is 1. The molecule has 0 aliphatic heterocycles. The first-order chi connectivity index (χ1) is 9.21. The van der Waals surface area contributed by atoms with Gasteiger partial charge in [0.05, 0.1) is 0 Å². The summed E-state index contributed by atoms with van der Waals surface area (Å²) in [6.45, 7) is 3.58. The van der Waals surface area contributed by atoms with E-state index in [-0.39, 0.29) is 11.2 Å². The van der Waals surface area contributed by atoms with Gasteiger partial charge in [0.15, 0.2) is 11.6 Å². The van der Waals surface area contributed by atoms with Crippen molar-refractivity contribution in [3.8, 4) is 0 Å². The van der Waals surface area contributed by atoms with Gasteiger partial charge >= 0.3 is 0 Å². The zero-order valence-electron chi connectivity index (χ0n) is 11.9. The number of hydrogen-bond acceptors (Lipinski definition) is 3. The van der Waals surface area contributed by atoms with Crippen molar-refractivity contribution in [2.45, 2.75) is 58.4 Å². The SMILES string of the molecule is CCCn1ccnc1C(=O)CC1(CN)CCCCC1. The van der Waals surface area contributed by atoms with Crippen molar-refractivity contribution in [3.05, 3.63) is 18.2 Å². The molecule has 4 nitrogen and oxygen atoms in total. The molecule has 0 bridgehead atoms. The largest absolute Gasteiger partial charge is 0.330 e. The summed E-state index contributed by atoms with van der Waals surface area (Å²) < 4.78 is 1.97. The Balaban J connectivity index is 2.08. The second-order valence-electron chi connectivity index (χ2n) is 5.81. The Bertz CT molecular complexity index is 419. The summed E-state index contributed by atoms with van der Waals surface area (Å²) in [7, 11) is 0. The van der Waals surface area contributed by atoms with Crippen molar-refractivity contribution in [2.24, 2.45) is 11.1 Å². The van der Waals surface area contributed by atoms with Gasteiger partial charge in [-0.15, -0.1) is 0 Å². The minimum atomic E-state index is 0.0261. The van der Waals surface area contributed by atoms with Crippen LogP contribution in [0.2, 0.25) is 0 Å². The normalized spacial score (nSPS) is 18.4. The Morgan fingerprint density at radius 3 is 2.79 bits per heavy atom. The average Bonchev–Trinajstić information content (AvgIpc) is 2.88. The molecule has 0 amide bonds. The van der Waals surface area contributed by atoms with Gasteiger partial charge in [0.1, 0.15) is 0 Å². The molecule has 1 saturated carbocycles. The maximum absolute atomic E-state index is 12.5. The minimum Gasteiger partial charge on any atom is -0.330 e. The molecule has 1 fully saturated rings. The third-order valence-electron chi connectivity index (χ3n) is 4.31. The maximum Gasteiger partial charge on any atom is 0.198 e. The molecule has 0 unspecified atom stereocenters. The number of nitrogens with two attached hydrogens (primary N) is 1. The molecule has 19 heavy (non-hydrogen) atoms. The molecular formula is C15H25N3O. The summed E-state index contributed by atoms with van der Waals surface area (Å²) in [4.78, 5) is 16.7. The van der Waals surface area contributed by atoms with Crippen LogP contribution in [0.4, 0.5) is 0 Å². The van der Waals surface area contributed by atoms with Crippen LogP contribution in [-0.2, 0) is 6.54 Å². The highest BCUT2D eigenvalue weighted by Crippen LogP contribution is 2.39. The first-order valence-electron chi connectivity index (χ1n) is 7.45. The molecule has 1 aromatic heterocycles. The second kappa shape index (κ2) is 6.33. The monoisotopic (exact) mass is 263 g/mol. The van der Waals surface area contributed by atoms with Crippen LogP contribution in [0.5, 0.6) is 0 Å². The van der Waals surface area contributed by atoms with E-state index in [0.29, 0.717) is 18.8 Å². The number of aryl methyl sites for hydroxylation is 1. The third-order valence-corrected chi connectivity index (χ3v) is 4.31. The van der Waals surface area contributed by atoms with Gasteiger partial charge in [-0.05, 0) is 31.2 Å². The molecule has 1 aliphatic rings. The number of ketones is 1. The van der Waals surface area contributed by atoms with Gasteiger partial charge < -0.3 is 10.3 Å². The fourth-order valence-corrected chi connectivity index (χ4v) is 3.16. The Morgan fingerprint density at radius 1 is 1.42 bits per heavy atom. The quantitative estimate of drug-likeness (QED) is 0.803. The standard InChI is InChI=1S/C15H25N3O/c1-2-9-18-10-8-17-14(18)13(19)11-15(12-16)6-4-3-5-7-15/h8,10H,2-7,9,11-12,16H2,1H3. The smallest absolute Gasteiger partial charge is 0.198 e. The average molecular weight is 263 g/mol. The van der Waals surface area contributed by atoms with Gasteiger partial charge in [-0.25, -0.2) is 4.98 Å². The molecule has 0 spiro atoms. The number of carbonyl (C=O) groups is 1. The highest BCUT2D eigenvalue weighted by Gasteiger charge is 2.34. The predicted octanol–water partition coefficient (Wildman–Crippen LogP) is 2.78. The van der Waals surface area contributed by atoms with E-state index < -0.39 is 0 Å².